The lowest BCUT2D eigenvalue weighted by Gasteiger charge is -2.39. The Balaban J connectivity index is 2.17. The van der Waals surface area contributed by atoms with Gasteiger partial charge < -0.3 is 14.4 Å². The highest BCUT2D eigenvalue weighted by atomic mass is 32.2. The molecule has 2 aliphatic rings. The van der Waals surface area contributed by atoms with Crippen LogP contribution < -0.4 is 10.5 Å². The highest BCUT2D eigenvalue weighted by molar-refractivity contribution is 8.26. The molecule has 2 atom stereocenters. The fourth-order valence-electron chi connectivity index (χ4n) is 4.46. The van der Waals surface area contributed by atoms with E-state index in [2.05, 4.69) is 11.0 Å². The Labute approximate surface area is 210 Å². The second-order valence-corrected chi connectivity index (χ2v) is 10.3. The summed E-state index contributed by atoms with van der Waals surface area (Å²) in [5.41, 5.74) is 1.09. The second kappa shape index (κ2) is 11.5. The van der Waals surface area contributed by atoms with Gasteiger partial charge in [-0.1, -0.05) is 30.9 Å². The van der Waals surface area contributed by atoms with Crippen LogP contribution in [0.15, 0.2) is 9.70 Å². The summed E-state index contributed by atoms with van der Waals surface area (Å²) in [4.78, 5) is 30.7. The van der Waals surface area contributed by atoms with Crippen LogP contribution in [-0.2, 0) is 20.8 Å². The van der Waals surface area contributed by atoms with Crippen molar-refractivity contribution >= 4 is 46.1 Å². The molecular formula is C24H32N4O4S2. The molecule has 2 fully saturated rings. The van der Waals surface area contributed by atoms with Gasteiger partial charge in [-0.15, -0.1) is 0 Å². The fraction of sp³-hybridized carbons (Fsp3) is 0.583. The van der Waals surface area contributed by atoms with Gasteiger partial charge in [-0.2, -0.15) is 5.26 Å². The van der Waals surface area contributed by atoms with Crippen LogP contribution in [0.25, 0.3) is 6.08 Å². The van der Waals surface area contributed by atoms with E-state index in [0.29, 0.717) is 59.6 Å². The smallest absolute Gasteiger partial charge is 0.270 e. The van der Waals surface area contributed by atoms with Crippen LogP contribution in [0.4, 0.5) is 5.82 Å². The molecule has 10 heteroatoms. The van der Waals surface area contributed by atoms with E-state index in [4.69, 9.17) is 21.7 Å². The lowest BCUT2D eigenvalue weighted by atomic mass is 10.0. The average molecular weight is 505 g/mol. The number of thiocarbonyl (C=S) groups is 1. The number of nitriles is 1. The molecule has 3 rings (SSSR count). The third-order valence-corrected chi connectivity index (χ3v) is 7.27. The van der Waals surface area contributed by atoms with Crippen LogP contribution in [0.3, 0.4) is 0 Å². The molecule has 0 saturated carbocycles. The maximum absolute atomic E-state index is 13.3. The first kappa shape index (κ1) is 26.4. The predicted molar refractivity (Wildman–Crippen MR) is 139 cm³/mol. The molecule has 2 aliphatic heterocycles. The zero-order chi connectivity index (χ0) is 25.0. The van der Waals surface area contributed by atoms with E-state index in [1.54, 1.807) is 29.6 Å². The monoisotopic (exact) mass is 504 g/mol. The molecule has 0 aliphatic carbocycles. The Hall–Kier alpha value is -2.19. The molecule has 0 bridgehead atoms. The fourth-order valence-corrected chi connectivity index (χ4v) is 5.75. The number of nitrogens with zero attached hydrogens (tertiary/aromatic N) is 4. The van der Waals surface area contributed by atoms with Crippen LogP contribution in [-0.4, -0.2) is 65.3 Å². The molecule has 2 unspecified atom stereocenters. The first-order valence-corrected chi connectivity index (χ1v) is 12.8. The summed E-state index contributed by atoms with van der Waals surface area (Å²) in [6.07, 6.45) is 3.19. The number of carbonyl (C=O) groups excluding carboxylic acids is 1. The summed E-state index contributed by atoms with van der Waals surface area (Å²) in [6.45, 7) is 10.5. The number of aromatic nitrogens is 1. The minimum atomic E-state index is -0.298. The number of pyridine rings is 1. The quantitative estimate of drug-likeness (QED) is 0.303. The SMILES string of the molecule is CCCn1c(N2CC(C)OC(C)C2)c(/C=C2/SC(=S)N(CCCOC)C2=O)c(C)c(C#N)c1=O. The molecule has 1 amide bonds. The van der Waals surface area contributed by atoms with E-state index in [1.165, 1.54) is 11.8 Å². The topological polar surface area (TPSA) is 87.8 Å². The summed E-state index contributed by atoms with van der Waals surface area (Å²) in [7, 11) is 1.62. The van der Waals surface area contributed by atoms with Crippen molar-refractivity contribution in [3.05, 3.63) is 31.9 Å². The van der Waals surface area contributed by atoms with Gasteiger partial charge in [0, 0.05) is 45.5 Å². The summed E-state index contributed by atoms with van der Waals surface area (Å²) in [5, 5.41) is 9.79. The van der Waals surface area contributed by atoms with E-state index in [1.807, 2.05) is 20.8 Å². The van der Waals surface area contributed by atoms with Crippen LogP contribution in [0.1, 0.15) is 50.3 Å². The average Bonchev–Trinajstić information content (AvgIpc) is 3.04. The van der Waals surface area contributed by atoms with Crippen molar-refractivity contribution in [1.29, 1.82) is 5.26 Å². The van der Waals surface area contributed by atoms with Crippen LogP contribution >= 0.6 is 24.0 Å². The number of amides is 1. The number of morpholine rings is 1. The molecule has 1 aromatic heterocycles. The number of carbonyl (C=O) groups is 1. The normalized spacial score (nSPS) is 22.1. The number of ether oxygens (including phenoxy) is 2. The van der Waals surface area contributed by atoms with E-state index in [9.17, 15) is 14.9 Å². The number of methoxy groups -OCH3 is 1. The van der Waals surface area contributed by atoms with Crippen molar-refractivity contribution in [1.82, 2.24) is 9.47 Å². The van der Waals surface area contributed by atoms with Gasteiger partial charge in [0.1, 0.15) is 21.8 Å². The minimum absolute atomic E-state index is 0.0169. The Bertz CT molecular complexity index is 1080. The van der Waals surface area contributed by atoms with E-state index < -0.39 is 0 Å². The number of anilines is 1. The van der Waals surface area contributed by atoms with E-state index in [-0.39, 0.29) is 29.2 Å². The third kappa shape index (κ3) is 5.38. The van der Waals surface area contributed by atoms with Crippen LogP contribution in [0.2, 0.25) is 0 Å². The molecule has 0 spiro atoms. The van der Waals surface area contributed by atoms with Gasteiger partial charge in [0.05, 0.1) is 17.1 Å². The molecule has 34 heavy (non-hydrogen) atoms. The van der Waals surface area contributed by atoms with E-state index in [0.717, 1.165) is 12.2 Å². The maximum atomic E-state index is 13.3. The van der Waals surface area contributed by atoms with Crippen LogP contribution in [0.5, 0.6) is 0 Å². The molecule has 0 aromatic carbocycles. The van der Waals surface area contributed by atoms with Crippen molar-refractivity contribution in [2.45, 2.75) is 59.3 Å². The summed E-state index contributed by atoms with van der Waals surface area (Å²) in [5.74, 6) is 0.571. The first-order valence-electron chi connectivity index (χ1n) is 11.6. The molecule has 1 aromatic rings. The van der Waals surface area contributed by atoms with Gasteiger partial charge in [0.15, 0.2) is 0 Å². The lowest BCUT2D eigenvalue weighted by Crippen LogP contribution is -2.48. The number of hydrogen-bond donors (Lipinski definition) is 0. The van der Waals surface area contributed by atoms with Gasteiger partial charge in [0.2, 0.25) is 0 Å². The second-order valence-electron chi connectivity index (χ2n) is 8.65. The first-order chi connectivity index (χ1) is 16.2. The molecule has 0 N–H and O–H groups in total. The molecule has 8 nitrogen and oxygen atoms in total. The van der Waals surface area contributed by atoms with Gasteiger partial charge >= 0.3 is 0 Å². The lowest BCUT2D eigenvalue weighted by molar-refractivity contribution is -0.122. The molecule has 0 radical (unpaired) electrons. The molecule has 2 saturated heterocycles. The Morgan fingerprint density at radius 3 is 2.53 bits per heavy atom. The summed E-state index contributed by atoms with van der Waals surface area (Å²) < 4.78 is 13.2. The Morgan fingerprint density at radius 1 is 1.26 bits per heavy atom. The van der Waals surface area contributed by atoms with Gasteiger partial charge in [0.25, 0.3) is 11.5 Å². The molecule has 184 valence electrons. The zero-order valence-electron chi connectivity index (χ0n) is 20.4. The summed E-state index contributed by atoms with van der Waals surface area (Å²) in [6, 6.07) is 2.09. The third-order valence-electron chi connectivity index (χ3n) is 5.89. The van der Waals surface area contributed by atoms with Gasteiger partial charge in [-0.25, -0.2) is 0 Å². The Morgan fingerprint density at radius 2 is 1.94 bits per heavy atom. The molecular weight excluding hydrogens is 472 g/mol. The minimum Gasteiger partial charge on any atom is -0.385 e. The summed E-state index contributed by atoms with van der Waals surface area (Å²) >= 11 is 6.72. The Kier molecular flexibility index (Phi) is 8.93. The number of rotatable bonds is 8. The van der Waals surface area contributed by atoms with Crippen LogP contribution in [0, 0.1) is 18.3 Å². The van der Waals surface area contributed by atoms with Crippen molar-refractivity contribution < 1.29 is 14.3 Å². The largest absolute Gasteiger partial charge is 0.385 e. The maximum Gasteiger partial charge on any atom is 0.270 e. The van der Waals surface area contributed by atoms with Crippen molar-refractivity contribution in [2.75, 3.05) is 38.3 Å². The zero-order valence-corrected chi connectivity index (χ0v) is 22.1. The number of thioether (sulfide) groups is 1. The van der Waals surface area contributed by atoms with Crippen molar-refractivity contribution in [3.8, 4) is 6.07 Å². The molecule has 3 heterocycles. The standard InChI is InChI=1S/C24H32N4O4S2/c1-6-8-27-21(26-13-15(2)32-16(3)14-26)18(17(4)19(12-25)22(27)29)11-20-23(30)28(24(33)34-20)9-7-10-31-5/h11,15-16H,6-10,13-14H2,1-5H3/b20-11+. The van der Waals surface area contributed by atoms with Gasteiger partial charge in [-0.05, 0) is 45.3 Å². The van der Waals surface area contributed by atoms with Crippen molar-refractivity contribution in [3.63, 3.8) is 0 Å². The highest BCUT2D eigenvalue weighted by Crippen LogP contribution is 2.36. The highest BCUT2D eigenvalue weighted by Gasteiger charge is 2.34. The van der Waals surface area contributed by atoms with Gasteiger partial charge in [-0.3, -0.25) is 19.1 Å². The van der Waals surface area contributed by atoms with E-state index >= 15 is 0 Å². The number of hydrogen-bond acceptors (Lipinski definition) is 8. The predicted octanol–water partition coefficient (Wildman–Crippen LogP) is 3.29. The van der Waals surface area contributed by atoms with Crippen molar-refractivity contribution in [2.24, 2.45) is 0 Å².